The van der Waals surface area contributed by atoms with Gasteiger partial charge in [0.05, 0.1) is 25.3 Å². The molecule has 2 aromatic rings. The molecule has 0 aliphatic rings. The van der Waals surface area contributed by atoms with Crippen LogP contribution >= 0.6 is 0 Å². The quantitative estimate of drug-likeness (QED) is 0.883. The van der Waals surface area contributed by atoms with Gasteiger partial charge in [-0.2, -0.15) is 0 Å². The number of carbonyl (C=O) groups is 1. The molecule has 0 amide bonds. The van der Waals surface area contributed by atoms with E-state index in [4.69, 9.17) is 4.74 Å². The Morgan fingerprint density at radius 2 is 1.73 bits per heavy atom. The predicted molar refractivity (Wildman–Crippen MR) is 74.8 cm³/mol. The van der Waals surface area contributed by atoms with Gasteiger partial charge < -0.3 is 14.6 Å². The van der Waals surface area contributed by atoms with Crippen molar-refractivity contribution < 1.29 is 28.2 Å². The molecule has 0 fully saturated rings. The van der Waals surface area contributed by atoms with Gasteiger partial charge in [-0.25, -0.2) is 13.6 Å². The van der Waals surface area contributed by atoms with Gasteiger partial charge in [-0.3, -0.25) is 0 Å². The number of aliphatic hydroxyl groups excluding tert-OH is 1. The van der Waals surface area contributed by atoms with Crippen molar-refractivity contribution in [3.05, 3.63) is 64.7 Å². The standard InChI is InChI=1S/C16H14F2O4/c1-21-12-8-7-11(17)14(18)13(12)15(19)9-3-5-10(6-4-9)16(20)22-2/h3-8,15,19H,1-2H3. The lowest BCUT2D eigenvalue weighted by molar-refractivity contribution is 0.0600. The number of rotatable bonds is 4. The van der Waals surface area contributed by atoms with Crippen molar-refractivity contribution in [3.63, 3.8) is 0 Å². The van der Waals surface area contributed by atoms with Crippen LogP contribution < -0.4 is 4.74 Å². The molecule has 0 saturated heterocycles. The molecule has 4 nitrogen and oxygen atoms in total. The average molecular weight is 308 g/mol. The van der Waals surface area contributed by atoms with Crippen LogP contribution in [0.1, 0.15) is 27.6 Å². The minimum atomic E-state index is -1.43. The number of methoxy groups -OCH3 is 2. The van der Waals surface area contributed by atoms with Crippen LogP contribution in [0.4, 0.5) is 8.78 Å². The Bertz CT molecular complexity index is 683. The van der Waals surface area contributed by atoms with Gasteiger partial charge in [0.25, 0.3) is 0 Å². The monoisotopic (exact) mass is 308 g/mol. The van der Waals surface area contributed by atoms with Crippen molar-refractivity contribution in [1.29, 1.82) is 0 Å². The molecule has 0 saturated carbocycles. The Morgan fingerprint density at radius 1 is 1.09 bits per heavy atom. The molecule has 0 radical (unpaired) electrons. The number of halogens is 2. The molecule has 6 heteroatoms. The first kappa shape index (κ1) is 15.9. The van der Waals surface area contributed by atoms with E-state index < -0.39 is 23.7 Å². The van der Waals surface area contributed by atoms with Crippen molar-refractivity contribution in [3.8, 4) is 5.75 Å². The molecular formula is C16H14F2O4. The number of ether oxygens (including phenoxy) is 2. The van der Waals surface area contributed by atoms with E-state index in [1.54, 1.807) is 0 Å². The second-order valence-electron chi connectivity index (χ2n) is 4.49. The van der Waals surface area contributed by atoms with Crippen LogP contribution in [-0.4, -0.2) is 25.3 Å². The molecule has 0 aliphatic carbocycles. The van der Waals surface area contributed by atoms with Crippen molar-refractivity contribution in [1.82, 2.24) is 0 Å². The Kier molecular flexibility index (Phi) is 4.72. The maximum atomic E-state index is 14.0. The first-order valence-electron chi connectivity index (χ1n) is 6.37. The van der Waals surface area contributed by atoms with Crippen molar-refractivity contribution in [2.24, 2.45) is 0 Å². The topological polar surface area (TPSA) is 55.8 Å². The number of hydrogen-bond acceptors (Lipinski definition) is 4. The molecule has 22 heavy (non-hydrogen) atoms. The number of aliphatic hydroxyl groups is 1. The SMILES string of the molecule is COC(=O)c1ccc(C(O)c2c(OC)ccc(F)c2F)cc1. The third kappa shape index (κ3) is 2.92. The number of benzene rings is 2. The predicted octanol–water partition coefficient (Wildman–Crippen LogP) is 2.84. The minimum absolute atomic E-state index is 0.0310. The molecule has 1 N–H and O–H groups in total. The third-order valence-corrected chi connectivity index (χ3v) is 3.23. The summed E-state index contributed by atoms with van der Waals surface area (Å²) < 4.78 is 36.9. The van der Waals surface area contributed by atoms with E-state index >= 15 is 0 Å². The third-order valence-electron chi connectivity index (χ3n) is 3.23. The first-order chi connectivity index (χ1) is 10.5. The molecule has 0 bridgehead atoms. The summed E-state index contributed by atoms with van der Waals surface area (Å²) in [5.74, 6) is -2.76. The molecule has 1 atom stereocenters. The molecule has 1 unspecified atom stereocenters. The molecule has 0 aliphatic heterocycles. The smallest absolute Gasteiger partial charge is 0.337 e. The molecule has 0 spiro atoms. The van der Waals surface area contributed by atoms with Gasteiger partial charge in [-0.05, 0) is 29.8 Å². The van der Waals surface area contributed by atoms with E-state index in [-0.39, 0.29) is 22.4 Å². The summed E-state index contributed by atoms with van der Waals surface area (Å²) in [7, 11) is 2.54. The Hall–Kier alpha value is -2.47. The number of carbonyl (C=O) groups excluding carboxylic acids is 1. The summed E-state index contributed by atoms with van der Waals surface area (Å²) >= 11 is 0. The van der Waals surface area contributed by atoms with Gasteiger partial charge >= 0.3 is 5.97 Å². The fourth-order valence-corrected chi connectivity index (χ4v) is 2.07. The van der Waals surface area contributed by atoms with E-state index in [0.29, 0.717) is 0 Å². The molecule has 2 rings (SSSR count). The Morgan fingerprint density at radius 3 is 2.27 bits per heavy atom. The highest BCUT2D eigenvalue weighted by Gasteiger charge is 2.23. The lowest BCUT2D eigenvalue weighted by atomic mass is 9.99. The number of esters is 1. The van der Waals surface area contributed by atoms with Crippen LogP contribution in [0.2, 0.25) is 0 Å². The molecule has 0 heterocycles. The van der Waals surface area contributed by atoms with Gasteiger partial charge in [0.15, 0.2) is 11.6 Å². The molecule has 2 aromatic carbocycles. The van der Waals surface area contributed by atoms with Gasteiger partial charge in [0.1, 0.15) is 11.9 Å². The zero-order valence-electron chi connectivity index (χ0n) is 12.0. The fourth-order valence-electron chi connectivity index (χ4n) is 2.07. The van der Waals surface area contributed by atoms with Gasteiger partial charge in [-0.1, -0.05) is 12.1 Å². The van der Waals surface area contributed by atoms with Gasteiger partial charge in [0.2, 0.25) is 0 Å². The fraction of sp³-hybridized carbons (Fsp3) is 0.188. The first-order valence-corrected chi connectivity index (χ1v) is 6.37. The Labute approximate surface area is 125 Å². The van der Waals surface area contributed by atoms with E-state index in [0.717, 1.165) is 6.07 Å². The summed E-state index contributed by atoms with van der Waals surface area (Å²) in [5, 5.41) is 10.3. The van der Waals surface area contributed by atoms with E-state index in [2.05, 4.69) is 4.74 Å². The maximum absolute atomic E-state index is 14.0. The van der Waals surface area contributed by atoms with Crippen LogP contribution in [0.15, 0.2) is 36.4 Å². The maximum Gasteiger partial charge on any atom is 0.337 e. The largest absolute Gasteiger partial charge is 0.496 e. The summed E-state index contributed by atoms with van der Waals surface area (Å²) in [4.78, 5) is 11.3. The molecule has 0 aromatic heterocycles. The highest BCUT2D eigenvalue weighted by molar-refractivity contribution is 5.89. The highest BCUT2D eigenvalue weighted by atomic mass is 19.2. The van der Waals surface area contributed by atoms with Crippen molar-refractivity contribution >= 4 is 5.97 Å². The lowest BCUT2D eigenvalue weighted by Gasteiger charge is -2.16. The average Bonchev–Trinajstić information content (AvgIpc) is 2.56. The summed E-state index contributed by atoms with van der Waals surface area (Å²) in [6.07, 6.45) is -1.43. The van der Waals surface area contributed by atoms with Gasteiger partial charge in [-0.15, -0.1) is 0 Å². The molecular weight excluding hydrogens is 294 g/mol. The van der Waals surface area contributed by atoms with Crippen LogP contribution in [0.3, 0.4) is 0 Å². The molecule has 116 valence electrons. The minimum Gasteiger partial charge on any atom is -0.496 e. The normalized spacial score (nSPS) is 11.9. The van der Waals surface area contributed by atoms with Gasteiger partial charge in [0, 0.05) is 0 Å². The Balaban J connectivity index is 2.42. The zero-order chi connectivity index (χ0) is 16.3. The summed E-state index contributed by atoms with van der Waals surface area (Å²) in [5.41, 5.74) is 0.272. The van der Waals surface area contributed by atoms with E-state index in [1.807, 2.05) is 0 Å². The number of hydrogen-bond donors (Lipinski definition) is 1. The van der Waals surface area contributed by atoms with Crippen LogP contribution in [0.5, 0.6) is 5.75 Å². The van der Waals surface area contributed by atoms with Crippen molar-refractivity contribution in [2.45, 2.75) is 6.10 Å². The van der Waals surface area contributed by atoms with E-state index in [1.165, 1.54) is 44.6 Å². The van der Waals surface area contributed by atoms with Crippen molar-refractivity contribution in [2.75, 3.05) is 14.2 Å². The van der Waals surface area contributed by atoms with Crippen LogP contribution in [-0.2, 0) is 4.74 Å². The zero-order valence-corrected chi connectivity index (χ0v) is 12.0. The second-order valence-corrected chi connectivity index (χ2v) is 4.49. The highest BCUT2D eigenvalue weighted by Crippen LogP contribution is 2.33. The van der Waals surface area contributed by atoms with Crippen LogP contribution in [0.25, 0.3) is 0 Å². The van der Waals surface area contributed by atoms with Crippen LogP contribution in [0, 0.1) is 11.6 Å². The second kappa shape index (κ2) is 6.53. The summed E-state index contributed by atoms with van der Waals surface area (Å²) in [6.45, 7) is 0. The summed E-state index contributed by atoms with van der Waals surface area (Å²) in [6, 6.07) is 7.87. The lowest BCUT2D eigenvalue weighted by Crippen LogP contribution is -2.08. The van der Waals surface area contributed by atoms with E-state index in [9.17, 15) is 18.7 Å².